The molecule has 0 spiro atoms. The molecule has 0 aliphatic heterocycles. The molecule has 1 N–H and O–H groups in total. The number of nitrogens with one attached hydrogen (secondary N) is 1. The number of Topliss-reactive ketones (excluding diaryl/α,β-unsaturated/α-hetero) is 1. The number of hydrogen-bond acceptors (Lipinski definition) is 3. The van der Waals surface area contributed by atoms with Crippen LogP contribution >= 0.6 is 0 Å². The van der Waals surface area contributed by atoms with E-state index in [9.17, 15) is 18.4 Å². The summed E-state index contributed by atoms with van der Waals surface area (Å²) in [6, 6.07) is 0. The molecule has 0 bridgehead atoms. The Morgan fingerprint density at radius 1 is 1.50 bits per heavy atom. The highest BCUT2D eigenvalue weighted by Crippen LogP contribution is 1.96. The molecule has 0 unspecified atom stereocenters. The number of alkyl carbamates (subject to hydrolysis) is 1. The van der Waals surface area contributed by atoms with Crippen molar-refractivity contribution in [2.45, 2.75) is 12.8 Å². The molecule has 0 rings (SSSR count). The fourth-order valence-electron chi connectivity index (χ4n) is 0.583. The van der Waals surface area contributed by atoms with Gasteiger partial charge in [-0.15, -0.1) is 0 Å². The summed E-state index contributed by atoms with van der Waals surface area (Å²) in [6.07, 6.45) is -2.78. The smallest absolute Gasteiger partial charge is 0.407 e. The molecule has 0 fully saturated rings. The van der Waals surface area contributed by atoms with Crippen LogP contribution in [0.4, 0.5) is 13.6 Å². The molecular formula is C8H11F2NO3. The largest absolute Gasteiger partial charge is 0.445 e. The molecule has 0 heterocycles. The normalized spacial score (nSPS) is 9.64. The molecule has 0 saturated carbocycles. The van der Waals surface area contributed by atoms with Crippen LogP contribution in [0.5, 0.6) is 0 Å². The zero-order chi connectivity index (χ0) is 11.0. The van der Waals surface area contributed by atoms with Crippen molar-refractivity contribution in [3.05, 3.63) is 12.7 Å². The van der Waals surface area contributed by atoms with Gasteiger partial charge in [-0.1, -0.05) is 12.7 Å². The summed E-state index contributed by atoms with van der Waals surface area (Å²) in [4.78, 5) is 21.1. The quantitative estimate of drug-likeness (QED) is 0.664. The number of carbonyl (C=O) groups excluding carboxylic acids is 2. The van der Waals surface area contributed by atoms with E-state index in [4.69, 9.17) is 0 Å². The maximum absolute atomic E-state index is 11.6. The van der Waals surface area contributed by atoms with E-state index < -0.39 is 24.7 Å². The van der Waals surface area contributed by atoms with Crippen molar-refractivity contribution in [1.29, 1.82) is 0 Å². The van der Waals surface area contributed by atoms with Crippen LogP contribution in [-0.4, -0.2) is 31.5 Å². The zero-order valence-corrected chi connectivity index (χ0v) is 7.46. The van der Waals surface area contributed by atoms with Gasteiger partial charge in [0.05, 0.1) is 0 Å². The second-order valence-corrected chi connectivity index (χ2v) is 2.33. The number of hydrogen-bond donors (Lipinski definition) is 1. The van der Waals surface area contributed by atoms with E-state index in [1.54, 1.807) is 0 Å². The molecule has 4 nitrogen and oxygen atoms in total. The van der Waals surface area contributed by atoms with Gasteiger partial charge in [0.15, 0.2) is 0 Å². The molecule has 6 heteroatoms. The average molecular weight is 207 g/mol. The van der Waals surface area contributed by atoms with Crippen molar-refractivity contribution in [3.63, 3.8) is 0 Å². The monoisotopic (exact) mass is 207 g/mol. The molecule has 14 heavy (non-hydrogen) atoms. The topological polar surface area (TPSA) is 55.4 Å². The van der Waals surface area contributed by atoms with Gasteiger partial charge in [-0.3, -0.25) is 4.79 Å². The minimum absolute atomic E-state index is 0.0363. The second kappa shape index (κ2) is 6.99. The van der Waals surface area contributed by atoms with Crippen LogP contribution in [0.15, 0.2) is 12.7 Å². The third kappa shape index (κ3) is 6.10. The molecule has 1 amide bonds. The Morgan fingerprint density at radius 2 is 2.14 bits per heavy atom. The van der Waals surface area contributed by atoms with Gasteiger partial charge in [-0.2, -0.15) is 0 Å². The first-order valence-electron chi connectivity index (χ1n) is 3.90. The molecule has 80 valence electrons. The Bertz CT molecular complexity index is 219. The van der Waals surface area contributed by atoms with Gasteiger partial charge in [0.1, 0.15) is 6.61 Å². The van der Waals surface area contributed by atoms with Gasteiger partial charge in [-0.25, -0.2) is 13.6 Å². The predicted octanol–water partition coefficient (Wildman–Crippen LogP) is 1.12. The van der Waals surface area contributed by atoms with Crippen LogP contribution < -0.4 is 5.32 Å². The number of amides is 1. The molecule has 0 radical (unpaired) electrons. The minimum Gasteiger partial charge on any atom is -0.445 e. The third-order valence-electron chi connectivity index (χ3n) is 1.22. The summed E-state index contributed by atoms with van der Waals surface area (Å²) in [5.74, 6) is -1.20. The summed E-state index contributed by atoms with van der Waals surface area (Å²) in [6.45, 7) is 3.19. The maximum Gasteiger partial charge on any atom is 0.407 e. The molecule has 0 aromatic rings. The van der Waals surface area contributed by atoms with Gasteiger partial charge in [-0.05, 0) is 0 Å². The Hall–Kier alpha value is -1.46. The molecular weight excluding hydrogens is 196 g/mol. The van der Waals surface area contributed by atoms with Crippen LogP contribution in [0, 0.1) is 0 Å². The zero-order valence-electron chi connectivity index (χ0n) is 7.46. The van der Waals surface area contributed by atoms with E-state index >= 15 is 0 Å². The summed E-state index contributed by atoms with van der Waals surface area (Å²) in [5, 5.41) is 2.14. The molecule has 0 atom stereocenters. The number of alkyl halides is 2. The molecule has 0 saturated heterocycles. The molecule has 0 aliphatic rings. The SMILES string of the molecule is C=CCOC(=O)NCCC(=O)C(F)F. The van der Waals surface area contributed by atoms with Crippen molar-refractivity contribution in [1.82, 2.24) is 5.32 Å². The van der Waals surface area contributed by atoms with E-state index in [0.717, 1.165) is 0 Å². The van der Waals surface area contributed by atoms with Crippen LogP contribution in [0.25, 0.3) is 0 Å². The van der Waals surface area contributed by atoms with Crippen LogP contribution in [0.3, 0.4) is 0 Å². The first-order valence-corrected chi connectivity index (χ1v) is 3.90. The first kappa shape index (κ1) is 12.5. The Labute approximate surface area is 79.9 Å². The standard InChI is InChI=1S/C8H11F2NO3/c1-2-5-14-8(13)11-4-3-6(12)7(9)10/h2,7H,1,3-5H2,(H,11,13). The van der Waals surface area contributed by atoms with Crippen LogP contribution in [0.2, 0.25) is 0 Å². The van der Waals surface area contributed by atoms with Gasteiger partial charge in [0, 0.05) is 13.0 Å². The Morgan fingerprint density at radius 3 is 2.64 bits per heavy atom. The van der Waals surface area contributed by atoms with Gasteiger partial charge >= 0.3 is 6.09 Å². The lowest BCUT2D eigenvalue weighted by molar-refractivity contribution is -0.129. The number of ether oxygens (including phenoxy) is 1. The number of rotatable bonds is 6. The van der Waals surface area contributed by atoms with E-state index in [2.05, 4.69) is 16.6 Å². The predicted molar refractivity (Wildman–Crippen MR) is 45.2 cm³/mol. The highest BCUT2D eigenvalue weighted by Gasteiger charge is 2.14. The van der Waals surface area contributed by atoms with Crippen molar-refractivity contribution < 1.29 is 23.1 Å². The van der Waals surface area contributed by atoms with Gasteiger partial charge in [0.2, 0.25) is 5.78 Å². The van der Waals surface area contributed by atoms with Gasteiger partial charge in [0.25, 0.3) is 6.43 Å². The molecule has 0 aliphatic carbocycles. The minimum atomic E-state index is -2.99. The number of ketones is 1. The first-order chi connectivity index (χ1) is 6.57. The lowest BCUT2D eigenvalue weighted by Crippen LogP contribution is -2.28. The number of halogens is 2. The van der Waals surface area contributed by atoms with Crippen molar-refractivity contribution in [2.75, 3.05) is 13.2 Å². The Kier molecular flexibility index (Phi) is 6.26. The number of carbonyl (C=O) groups is 2. The lowest BCUT2D eigenvalue weighted by Gasteiger charge is -2.03. The average Bonchev–Trinajstić information content (AvgIpc) is 2.14. The summed E-state index contributed by atoms with van der Waals surface area (Å²) >= 11 is 0. The second-order valence-electron chi connectivity index (χ2n) is 2.33. The van der Waals surface area contributed by atoms with Crippen molar-refractivity contribution in [2.24, 2.45) is 0 Å². The van der Waals surface area contributed by atoms with Crippen LogP contribution in [0.1, 0.15) is 6.42 Å². The third-order valence-corrected chi connectivity index (χ3v) is 1.22. The van der Waals surface area contributed by atoms with Crippen LogP contribution in [-0.2, 0) is 9.53 Å². The van der Waals surface area contributed by atoms with Crippen molar-refractivity contribution >= 4 is 11.9 Å². The highest BCUT2D eigenvalue weighted by molar-refractivity contribution is 5.82. The maximum atomic E-state index is 11.6. The summed E-state index contributed by atoms with van der Waals surface area (Å²) in [7, 11) is 0. The summed E-state index contributed by atoms with van der Waals surface area (Å²) < 4.78 is 27.8. The lowest BCUT2D eigenvalue weighted by atomic mass is 10.3. The fourth-order valence-corrected chi connectivity index (χ4v) is 0.583. The highest BCUT2D eigenvalue weighted by atomic mass is 19.3. The fraction of sp³-hybridized carbons (Fsp3) is 0.500. The van der Waals surface area contributed by atoms with Crippen molar-refractivity contribution in [3.8, 4) is 0 Å². The van der Waals surface area contributed by atoms with Gasteiger partial charge < -0.3 is 10.1 Å². The van der Waals surface area contributed by atoms with E-state index in [1.807, 2.05) is 0 Å². The Balaban J connectivity index is 3.49. The van der Waals surface area contributed by atoms with E-state index in [-0.39, 0.29) is 13.2 Å². The molecule has 0 aromatic heterocycles. The van der Waals surface area contributed by atoms with E-state index in [0.29, 0.717) is 0 Å². The van der Waals surface area contributed by atoms with E-state index in [1.165, 1.54) is 6.08 Å². The summed E-state index contributed by atoms with van der Waals surface area (Å²) in [5.41, 5.74) is 0. The molecule has 0 aromatic carbocycles.